The van der Waals surface area contributed by atoms with Crippen molar-refractivity contribution in [3.8, 4) is 6.07 Å². The van der Waals surface area contributed by atoms with Crippen LogP contribution in [0, 0.1) is 11.3 Å². The van der Waals surface area contributed by atoms with Crippen molar-refractivity contribution in [1.29, 1.82) is 5.26 Å². The standard InChI is InChI=1S/C12H12ClF2N/c13-7-2-4-9-3-1-5-11(12(14)15)10(9)6-8-16/h1,3,5,12H,2,4,6-7H2. The van der Waals surface area contributed by atoms with Crippen molar-refractivity contribution in [2.45, 2.75) is 25.7 Å². The van der Waals surface area contributed by atoms with Crippen LogP contribution in [-0.4, -0.2) is 5.88 Å². The van der Waals surface area contributed by atoms with Gasteiger partial charge in [-0.05, 0) is 24.0 Å². The minimum atomic E-state index is -2.53. The second-order valence-electron chi connectivity index (χ2n) is 3.41. The average Bonchev–Trinajstić information content (AvgIpc) is 2.27. The van der Waals surface area contributed by atoms with Crippen molar-refractivity contribution in [3.63, 3.8) is 0 Å². The normalized spacial score (nSPS) is 10.4. The topological polar surface area (TPSA) is 23.8 Å². The number of nitriles is 1. The van der Waals surface area contributed by atoms with Crippen molar-refractivity contribution in [3.05, 3.63) is 34.9 Å². The van der Waals surface area contributed by atoms with E-state index in [1.54, 1.807) is 12.1 Å². The summed E-state index contributed by atoms with van der Waals surface area (Å²) in [6, 6.07) is 6.69. The third-order valence-corrected chi connectivity index (χ3v) is 2.65. The third kappa shape index (κ3) is 3.18. The summed E-state index contributed by atoms with van der Waals surface area (Å²) in [4.78, 5) is 0. The first-order valence-electron chi connectivity index (χ1n) is 5.02. The number of rotatable bonds is 5. The zero-order valence-electron chi connectivity index (χ0n) is 8.72. The molecule has 0 atom stereocenters. The fourth-order valence-electron chi connectivity index (χ4n) is 1.65. The Kier molecular flexibility index (Phi) is 5.21. The first kappa shape index (κ1) is 12.9. The minimum Gasteiger partial charge on any atom is -0.205 e. The number of hydrogen-bond donors (Lipinski definition) is 0. The summed E-state index contributed by atoms with van der Waals surface area (Å²) in [7, 11) is 0. The van der Waals surface area contributed by atoms with Crippen molar-refractivity contribution in [2.75, 3.05) is 5.88 Å². The van der Waals surface area contributed by atoms with Crippen LogP contribution in [0.15, 0.2) is 18.2 Å². The fraction of sp³-hybridized carbons (Fsp3) is 0.417. The summed E-state index contributed by atoms with van der Waals surface area (Å²) in [5.41, 5.74) is 1.23. The lowest BCUT2D eigenvalue weighted by atomic mass is 9.96. The van der Waals surface area contributed by atoms with E-state index in [9.17, 15) is 8.78 Å². The summed E-state index contributed by atoms with van der Waals surface area (Å²) < 4.78 is 25.4. The SMILES string of the molecule is N#CCc1c(CCCCl)cccc1C(F)F. The molecular formula is C12H12ClF2N. The molecule has 86 valence electrons. The molecule has 0 heterocycles. The first-order valence-corrected chi connectivity index (χ1v) is 5.56. The molecule has 0 spiro atoms. The van der Waals surface area contributed by atoms with Crippen LogP contribution in [0.4, 0.5) is 8.78 Å². The highest BCUT2D eigenvalue weighted by atomic mass is 35.5. The molecule has 0 aliphatic heterocycles. The molecule has 0 N–H and O–H groups in total. The Morgan fingerprint density at radius 3 is 2.69 bits per heavy atom. The van der Waals surface area contributed by atoms with Crippen LogP contribution in [0.1, 0.15) is 29.5 Å². The molecule has 4 heteroatoms. The van der Waals surface area contributed by atoms with E-state index in [1.807, 2.05) is 6.07 Å². The maximum Gasteiger partial charge on any atom is 0.264 e. The highest BCUT2D eigenvalue weighted by Gasteiger charge is 2.15. The highest BCUT2D eigenvalue weighted by Crippen LogP contribution is 2.26. The summed E-state index contributed by atoms with van der Waals surface area (Å²) >= 11 is 5.57. The number of aryl methyl sites for hydroxylation is 1. The smallest absolute Gasteiger partial charge is 0.205 e. The lowest BCUT2D eigenvalue weighted by Gasteiger charge is -2.11. The van der Waals surface area contributed by atoms with Gasteiger partial charge in [0.05, 0.1) is 12.5 Å². The zero-order chi connectivity index (χ0) is 12.0. The number of nitrogens with zero attached hydrogens (tertiary/aromatic N) is 1. The van der Waals surface area contributed by atoms with E-state index in [0.29, 0.717) is 17.9 Å². The molecule has 0 fully saturated rings. The van der Waals surface area contributed by atoms with Crippen molar-refractivity contribution < 1.29 is 8.78 Å². The van der Waals surface area contributed by atoms with Crippen LogP contribution in [-0.2, 0) is 12.8 Å². The Bertz CT molecular complexity index is 385. The Labute approximate surface area is 98.6 Å². The first-order chi connectivity index (χ1) is 7.70. The van der Waals surface area contributed by atoms with Gasteiger partial charge in [-0.1, -0.05) is 18.2 Å². The Balaban J connectivity index is 3.06. The van der Waals surface area contributed by atoms with Gasteiger partial charge in [-0.25, -0.2) is 8.78 Å². The Hall–Kier alpha value is -1.14. The Morgan fingerprint density at radius 2 is 2.12 bits per heavy atom. The van der Waals surface area contributed by atoms with Crippen LogP contribution in [0.25, 0.3) is 0 Å². The van der Waals surface area contributed by atoms with Gasteiger partial charge in [-0.2, -0.15) is 5.26 Å². The van der Waals surface area contributed by atoms with Gasteiger partial charge in [0.2, 0.25) is 0 Å². The summed E-state index contributed by atoms with van der Waals surface area (Å²) in [6.07, 6.45) is -1.13. The van der Waals surface area contributed by atoms with Gasteiger partial charge in [0.1, 0.15) is 0 Å². The van der Waals surface area contributed by atoms with Gasteiger partial charge in [0.25, 0.3) is 6.43 Å². The third-order valence-electron chi connectivity index (χ3n) is 2.38. The Morgan fingerprint density at radius 1 is 1.38 bits per heavy atom. The number of hydrogen-bond acceptors (Lipinski definition) is 1. The highest BCUT2D eigenvalue weighted by molar-refractivity contribution is 6.17. The predicted molar refractivity (Wildman–Crippen MR) is 59.8 cm³/mol. The molecule has 1 rings (SSSR count). The van der Waals surface area contributed by atoms with E-state index in [4.69, 9.17) is 16.9 Å². The molecule has 0 aliphatic rings. The summed E-state index contributed by atoms with van der Waals surface area (Å²) in [5.74, 6) is 0.491. The maximum absolute atomic E-state index is 12.7. The number of benzene rings is 1. The monoisotopic (exact) mass is 243 g/mol. The average molecular weight is 244 g/mol. The van der Waals surface area contributed by atoms with Gasteiger partial charge < -0.3 is 0 Å². The van der Waals surface area contributed by atoms with Crippen LogP contribution in [0.3, 0.4) is 0 Å². The van der Waals surface area contributed by atoms with Gasteiger partial charge in [0, 0.05) is 11.4 Å². The van der Waals surface area contributed by atoms with E-state index in [0.717, 1.165) is 12.0 Å². The van der Waals surface area contributed by atoms with Crippen LogP contribution in [0.5, 0.6) is 0 Å². The molecule has 0 amide bonds. The molecule has 0 aromatic heterocycles. The lowest BCUT2D eigenvalue weighted by Crippen LogP contribution is -2.00. The van der Waals surface area contributed by atoms with Crippen LogP contribution < -0.4 is 0 Å². The predicted octanol–water partition coefficient (Wildman–Crippen LogP) is 3.86. The molecule has 1 nitrogen and oxygen atoms in total. The molecular weight excluding hydrogens is 232 g/mol. The fourth-order valence-corrected chi connectivity index (χ4v) is 1.78. The van der Waals surface area contributed by atoms with Gasteiger partial charge in [-0.3, -0.25) is 0 Å². The second kappa shape index (κ2) is 6.44. The van der Waals surface area contributed by atoms with Gasteiger partial charge in [0.15, 0.2) is 0 Å². The van der Waals surface area contributed by atoms with Crippen LogP contribution >= 0.6 is 11.6 Å². The molecule has 1 aromatic carbocycles. The van der Waals surface area contributed by atoms with E-state index in [-0.39, 0.29) is 12.0 Å². The molecule has 1 aromatic rings. The molecule has 0 radical (unpaired) electrons. The number of halogens is 3. The van der Waals surface area contributed by atoms with E-state index < -0.39 is 6.43 Å². The van der Waals surface area contributed by atoms with Crippen molar-refractivity contribution in [2.24, 2.45) is 0 Å². The quantitative estimate of drug-likeness (QED) is 0.721. The van der Waals surface area contributed by atoms with Gasteiger partial charge in [-0.15, -0.1) is 11.6 Å². The largest absolute Gasteiger partial charge is 0.264 e. The van der Waals surface area contributed by atoms with Crippen LogP contribution in [0.2, 0.25) is 0 Å². The molecule has 0 unspecified atom stereocenters. The minimum absolute atomic E-state index is 0.0259. The molecule has 0 bridgehead atoms. The maximum atomic E-state index is 12.7. The zero-order valence-corrected chi connectivity index (χ0v) is 9.47. The van der Waals surface area contributed by atoms with E-state index >= 15 is 0 Å². The van der Waals surface area contributed by atoms with Crippen molar-refractivity contribution >= 4 is 11.6 Å². The molecule has 0 saturated heterocycles. The van der Waals surface area contributed by atoms with E-state index in [2.05, 4.69) is 0 Å². The molecule has 0 aliphatic carbocycles. The summed E-state index contributed by atoms with van der Waals surface area (Å²) in [6.45, 7) is 0. The van der Waals surface area contributed by atoms with Gasteiger partial charge >= 0.3 is 0 Å². The molecule has 16 heavy (non-hydrogen) atoms. The summed E-state index contributed by atoms with van der Waals surface area (Å²) in [5, 5.41) is 8.65. The number of alkyl halides is 3. The second-order valence-corrected chi connectivity index (χ2v) is 3.79. The van der Waals surface area contributed by atoms with E-state index in [1.165, 1.54) is 6.07 Å². The lowest BCUT2D eigenvalue weighted by molar-refractivity contribution is 0.150. The van der Waals surface area contributed by atoms with Crippen molar-refractivity contribution in [1.82, 2.24) is 0 Å². The molecule has 0 saturated carbocycles.